The Labute approximate surface area is 191 Å². The number of nitrogens with zero attached hydrogens (tertiary/aromatic N) is 3. The van der Waals surface area contributed by atoms with Crippen LogP contribution in [0.25, 0.3) is 33.9 Å². The summed E-state index contributed by atoms with van der Waals surface area (Å²) < 4.78 is 12.0. The zero-order valence-corrected chi connectivity index (χ0v) is 18.5. The van der Waals surface area contributed by atoms with Crippen molar-refractivity contribution in [3.8, 4) is 45.4 Å². The van der Waals surface area contributed by atoms with Crippen molar-refractivity contribution in [2.75, 3.05) is 33.0 Å². The zero-order valence-electron chi connectivity index (χ0n) is 17.7. The number of nitrogens with two attached hydrogens (primary N) is 1. The Morgan fingerprint density at radius 1 is 1.06 bits per heavy atom. The van der Waals surface area contributed by atoms with E-state index in [1.165, 1.54) is 0 Å². The molecule has 164 valence electrons. The molecule has 0 atom stereocenters. The molecule has 0 spiro atoms. The van der Waals surface area contributed by atoms with E-state index in [-0.39, 0.29) is 16.7 Å². The second-order valence-electron chi connectivity index (χ2n) is 7.50. The van der Waals surface area contributed by atoms with E-state index in [4.69, 9.17) is 26.5 Å². The van der Waals surface area contributed by atoms with Crippen LogP contribution in [0.2, 0.25) is 5.02 Å². The number of hydrogen-bond acceptors (Lipinski definition) is 7. The summed E-state index contributed by atoms with van der Waals surface area (Å²) in [5, 5.41) is 10.4. The number of anilines is 1. The lowest BCUT2D eigenvalue weighted by Crippen LogP contribution is -2.19. The van der Waals surface area contributed by atoms with Crippen LogP contribution in [0.5, 0.6) is 11.5 Å². The van der Waals surface area contributed by atoms with Gasteiger partial charge >= 0.3 is 0 Å². The number of hydrogen-bond donors (Lipinski definition) is 2. The zero-order chi connectivity index (χ0) is 22.7. The molecule has 4 rings (SSSR count). The van der Waals surface area contributed by atoms with Crippen LogP contribution in [0.15, 0.2) is 65.2 Å². The minimum atomic E-state index is -0.0145. The summed E-state index contributed by atoms with van der Waals surface area (Å²) in [6.07, 6.45) is 1.57. The normalized spacial score (nSPS) is 11.1. The van der Waals surface area contributed by atoms with Crippen molar-refractivity contribution in [2.45, 2.75) is 0 Å². The highest BCUT2D eigenvalue weighted by Crippen LogP contribution is 2.40. The maximum Gasteiger partial charge on any atom is 0.220 e. The first kappa shape index (κ1) is 21.7. The van der Waals surface area contributed by atoms with Gasteiger partial charge in [0, 0.05) is 23.9 Å². The van der Waals surface area contributed by atoms with Gasteiger partial charge in [-0.1, -0.05) is 17.7 Å². The summed E-state index contributed by atoms with van der Waals surface area (Å²) in [6.45, 7) is 1.44. The number of ether oxygens (including phenoxy) is 1. The van der Waals surface area contributed by atoms with Gasteiger partial charge in [-0.15, -0.1) is 0 Å². The number of nitrogen functional groups attached to an aromatic ring is 1. The average Bonchev–Trinajstić information content (AvgIpc) is 3.21. The Hall–Kier alpha value is -3.55. The molecule has 0 aliphatic rings. The third-order valence-corrected chi connectivity index (χ3v) is 5.16. The van der Waals surface area contributed by atoms with Crippen molar-refractivity contribution in [2.24, 2.45) is 0 Å². The van der Waals surface area contributed by atoms with E-state index in [2.05, 4.69) is 14.9 Å². The third kappa shape index (κ3) is 4.85. The van der Waals surface area contributed by atoms with E-state index in [9.17, 15) is 5.11 Å². The molecule has 32 heavy (non-hydrogen) atoms. The number of aromatic hydroxyl groups is 1. The second-order valence-corrected chi connectivity index (χ2v) is 7.90. The van der Waals surface area contributed by atoms with E-state index >= 15 is 0 Å². The highest BCUT2D eigenvalue weighted by atomic mass is 35.5. The number of rotatable bonds is 7. The Bertz CT molecular complexity index is 1220. The van der Waals surface area contributed by atoms with E-state index in [1.54, 1.807) is 24.4 Å². The molecule has 2 aromatic carbocycles. The predicted molar refractivity (Wildman–Crippen MR) is 126 cm³/mol. The fourth-order valence-electron chi connectivity index (χ4n) is 3.18. The molecule has 0 amide bonds. The number of furan rings is 1. The Morgan fingerprint density at radius 3 is 2.50 bits per heavy atom. The van der Waals surface area contributed by atoms with Gasteiger partial charge in [0.1, 0.15) is 29.6 Å². The fraction of sp³-hybridized carbons (Fsp3) is 0.167. The van der Waals surface area contributed by atoms with Crippen LogP contribution >= 0.6 is 11.6 Å². The molecule has 0 radical (unpaired) electrons. The second kappa shape index (κ2) is 9.30. The van der Waals surface area contributed by atoms with E-state index in [0.717, 1.165) is 29.0 Å². The number of likely N-dealkylation sites (N-methyl/N-ethyl adjacent to an activating group) is 1. The predicted octanol–water partition coefficient (Wildman–Crippen LogP) is 4.95. The summed E-state index contributed by atoms with van der Waals surface area (Å²) in [4.78, 5) is 10.3. The molecule has 4 aromatic rings. The maximum absolute atomic E-state index is 10.1. The molecule has 0 aliphatic carbocycles. The molecule has 0 bridgehead atoms. The SMILES string of the molecule is CN(C)CCOc1ccc(-c2cc(-c3ccc(Cl)c(O)c3)c(-c3ccnc(N)n3)o2)cc1. The molecule has 2 aromatic heterocycles. The smallest absolute Gasteiger partial charge is 0.220 e. The summed E-state index contributed by atoms with van der Waals surface area (Å²) in [6, 6.07) is 16.3. The van der Waals surface area contributed by atoms with Crippen molar-refractivity contribution in [3.05, 3.63) is 65.8 Å². The fourth-order valence-corrected chi connectivity index (χ4v) is 3.30. The van der Waals surface area contributed by atoms with Crippen molar-refractivity contribution >= 4 is 17.5 Å². The number of phenolic OH excluding ortho intramolecular Hbond substituents is 1. The van der Waals surface area contributed by atoms with Gasteiger partial charge in [0.15, 0.2) is 5.76 Å². The van der Waals surface area contributed by atoms with Crippen LogP contribution in [0.3, 0.4) is 0 Å². The van der Waals surface area contributed by atoms with Crippen molar-refractivity contribution in [1.29, 1.82) is 0 Å². The monoisotopic (exact) mass is 450 g/mol. The molecular weight excluding hydrogens is 428 g/mol. The minimum absolute atomic E-state index is 0.0145. The highest BCUT2D eigenvalue weighted by molar-refractivity contribution is 6.32. The van der Waals surface area contributed by atoms with Crippen molar-refractivity contribution in [1.82, 2.24) is 14.9 Å². The Kier molecular flexibility index (Phi) is 6.30. The molecule has 7 nitrogen and oxygen atoms in total. The van der Waals surface area contributed by atoms with Gasteiger partial charge in [-0.25, -0.2) is 9.97 Å². The number of phenols is 1. The van der Waals surface area contributed by atoms with Crippen LogP contribution in [0, 0.1) is 0 Å². The summed E-state index contributed by atoms with van der Waals surface area (Å²) in [5.41, 5.74) is 8.68. The molecule has 0 saturated heterocycles. The summed E-state index contributed by atoms with van der Waals surface area (Å²) in [7, 11) is 4.01. The summed E-state index contributed by atoms with van der Waals surface area (Å²) in [5.74, 6) is 2.07. The van der Waals surface area contributed by atoms with Crippen molar-refractivity contribution < 1.29 is 14.3 Å². The number of halogens is 1. The molecule has 0 unspecified atom stereocenters. The first-order chi connectivity index (χ1) is 15.4. The average molecular weight is 451 g/mol. The van der Waals surface area contributed by atoms with Gasteiger partial charge in [0.25, 0.3) is 0 Å². The van der Waals surface area contributed by atoms with Gasteiger partial charge < -0.3 is 24.9 Å². The van der Waals surface area contributed by atoms with Crippen LogP contribution in [0.1, 0.15) is 0 Å². The quantitative estimate of drug-likeness (QED) is 0.411. The lowest BCUT2D eigenvalue weighted by atomic mass is 10.0. The largest absolute Gasteiger partial charge is 0.506 e. The number of benzene rings is 2. The van der Waals surface area contributed by atoms with E-state index in [1.807, 2.05) is 50.5 Å². The standard InChI is InChI=1S/C24H23ClN4O3/c1-29(2)11-12-31-17-6-3-15(4-7-17)22-14-18(16-5-8-19(25)21(30)13-16)23(32-22)20-9-10-27-24(26)28-20/h3-10,13-14,30H,11-12H2,1-2H3,(H2,26,27,28). The molecule has 0 aliphatic heterocycles. The van der Waals surface area contributed by atoms with Crippen molar-refractivity contribution in [3.63, 3.8) is 0 Å². The van der Waals surface area contributed by atoms with Gasteiger partial charge in [-0.2, -0.15) is 0 Å². The molecule has 8 heteroatoms. The molecule has 0 saturated carbocycles. The first-order valence-electron chi connectivity index (χ1n) is 10.0. The van der Waals surface area contributed by atoms with Crippen LogP contribution < -0.4 is 10.5 Å². The Balaban J connectivity index is 1.71. The third-order valence-electron chi connectivity index (χ3n) is 4.84. The first-order valence-corrected chi connectivity index (χ1v) is 10.4. The lowest BCUT2D eigenvalue weighted by molar-refractivity contribution is 0.261. The summed E-state index contributed by atoms with van der Waals surface area (Å²) >= 11 is 5.99. The Morgan fingerprint density at radius 2 is 1.81 bits per heavy atom. The van der Waals surface area contributed by atoms with E-state index in [0.29, 0.717) is 23.8 Å². The molecule has 2 heterocycles. The van der Waals surface area contributed by atoms with Gasteiger partial charge in [-0.3, -0.25) is 0 Å². The van der Waals surface area contributed by atoms with Crippen LogP contribution in [-0.4, -0.2) is 47.2 Å². The maximum atomic E-state index is 10.1. The van der Waals surface area contributed by atoms with Crippen LogP contribution in [0.4, 0.5) is 5.95 Å². The molecule has 0 fully saturated rings. The lowest BCUT2D eigenvalue weighted by Gasteiger charge is -2.11. The number of aromatic nitrogens is 2. The van der Waals surface area contributed by atoms with Gasteiger partial charge in [-0.05, 0) is 68.2 Å². The van der Waals surface area contributed by atoms with Crippen LogP contribution in [-0.2, 0) is 0 Å². The molecular formula is C24H23ClN4O3. The minimum Gasteiger partial charge on any atom is -0.506 e. The highest BCUT2D eigenvalue weighted by Gasteiger charge is 2.18. The van der Waals surface area contributed by atoms with Gasteiger partial charge in [0.05, 0.1) is 5.02 Å². The topological polar surface area (TPSA) is 97.6 Å². The van der Waals surface area contributed by atoms with E-state index < -0.39 is 0 Å². The molecule has 3 N–H and O–H groups in total. The van der Waals surface area contributed by atoms with Gasteiger partial charge in [0.2, 0.25) is 5.95 Å².